The number of carbonyl (C=O) groups excluding carboxylic acids is 1. The van der Waals surface area contributed by atoms with E-state index in [1.807, 2.05) is 0 Å². The molecule has 0 atom stereocenters. The summed E-state index contributed by atoms with van der Waals surface area (Å²) in [6, 6.07) is 0. The maximum Gasteiger partial charge on any atom is 0.508 e. The van der Waals surface area contributed by atoms with Crippen molar-refractivity contribution < 1.29 is 14.3 Å². The van der Waals surface area contributed by atoms with Crippen molar-refractivity contribution in [1.29, 1.82) is 0 Å². The van der Waals surface area contributed by atoms with Crippen LogP contribution in [-0.4, -0.2) is 24.7 Å². The van der Waals surface area contributed by atoms with Gasteiger partial charge < -0.3 is 9.47 Å². The molecule has 0 aliphatic carbocycles. The quantitative estimate of drug-likeness (QED) is 0.275. The maximum atomic E-state index is 11.2. The second-order valence-corrected chi connectivity index (χ2v) is 6.09. The first kappa shape index (κ1) is 18.8. The van der Waals surface area contributed by atoms with E-state index in [4.69, 9.17) is 9.47 Å². The fourth-order valence-corrected chi connectivity index (χ4v) is 2.13. The molecule has 0 aliphatic rings. The molecule has 3 nitrogen and oxygen atoms in total. The molecule has 0 rings (SSSR count). The number of rotatable bonds is 12. The summed E-state index contributed by atoms with van der Waals surface area (Å²) in [5.74, 6) is 0.808. The molecule has 0 aromatic rings. The van der Waals surface area contributed by atoms with E-state index in [1.54, 1.807) is 0 Å². The smallest absolute Gasteiger partial charge is 0.434 e. The van der Waals surface area contributed by atoms with Gasteiger partial charge in [0.25, 0.3) is 0 Å². The van der Waals surface area contributed by atoms with Gasteiger partial charge in [-0.05, 0) is 25.2 Å². The highest BCUT2D eigenvalue weighted by molar-refractivity contribution is 9.09. The van der Waals surface area contributed by atoms with Crippen LogP contribution in [0.4, 0.5) is 4.79 Å². The van der Waals surface area contributed by atoms with E-state index in [0.29, 0.717) is 13.2 Å². The van der Waals surface area contributed by atoms with Gasteiger partial charge in [0.15, 0.2) is 0 Å². The van der Waals surface area contributed by atoms with Crippen LogP contribution in [0.1, 0.15) is 65.2 Å². The summed E-state index contributed by atoms with van der Waals surface area (Å²) in [6.07, 6.45) is 8.61. The Kier molecular flexibility index (Phi) is 14.0. The van der Waals surface area contributed by atoms with Crippen LogP contribution in [0.25, 0.3) is 0 Å². The van der Waals surface area contributed by atoms with E-state index in [9.17, 15) is 4.79 Å². The maximum absolute atomic E-state index is 11.2. The average Bonchev–Trinajstić information content (AvgIpc) is 2.37. The predicted octanol–water partition coefficient (Wildman–Crippen LogP) is 5.31. The lowest BCUT2D eigenvalue weighted by molar-refractivity contribution is 0.0533. The summed E-state index contributed by atoms with van der Waals surface area (Å²) in [7, 11) is 0. The molecule has 0 bridgehead atoms. The van der Waals surface area contributed by atoms with Gasteiger partial charge in [0.2, 0.25) is 0 Å². The molecule has 0 radical (unpaired) electrons. The van der Waals surface area contributed by atoms with Crippen LogP contribution in [0, 0.1) is 5.92 Å². The molecule has 0 spiro atoms. The minimum absolute atomic E-state index is 0.458. The summed E-state index contributed by atoms with van der Waals surface area (Å²) in [4.78, 5) is 11.2. The number of ether oxygens (including phenoxy) is 2. The Morgan fingerprint density at radius 3 is 2.00 bits per heavy atom. The molecule has 0 amide bonds. The minimum Gasteiger partial charge on any atom is -0.434 e. The molecule has 0 aromatic heterocycles. The van der Waals surface area contributed by atoms with Crippen molar-refractivity contribution in [3.05, 3.63) is 0 Å². The number of halogens is 1. The molecule has 4 heteroatoms. The largest absolute Gasteiger partial charge is 0.508 e. The molecule has 0 heterocycles. The second-order valence-electron chi connectivity index (χ2n) is 5.29. The van der Waals surface area contributed by atoms with Gasteiger partial charge in [-0.3, -0.25) is 0 Å². The topological polar surface area (TPSA) is 35.5 Å². The Hall–Kier alpha value is -0.250. The van der Waals surface area contributed by atoms with E-state index in [0.717, 1.165) is 36.9 Å². The van der Waals surface area contributed by atoms with E-state index in [2.05, 4.69) is 29.8 Å². The minimum atomic E-state index is -0.519. The highest BCUT2D eigenvalue weighted by atomic mass is 79.9. The Bertz CT molecular complexity index is 208. The van der Waals surface area contributed by atoms with Crippen molar-refractivity contribution in [3.63, 3.8) is 0 Å². The third-order valence-electron chi connectivity index (χ3n) is 2.89. The summed E-state index contributed by atoms with van der Waals surface area (Å²) >= 11 is 3.33. The van der Waals surface area contributed by atoms with Gasteiger partial charge in [0.05, 0.1) is 13.2 Å². The molecular weight excluding hydrogens is 308 g/mol. The van der Waals surface area contributed by atoms with Gasteiger partial charge in [-0.15, -0.1) is 0 Å². The molecule has 0 N–H and O–H groups in total. The van der Waals surface area contributed by atoms with Crippen LogP contribution in [0.2, 0.25) is 0 Å². The number of hydrogen-bond acceptors (Lipinski definition) is 3. The summed E-state index contributed by atoms with van der Waals surface area (Å²) in [5, 5.41) is 0.947. The van der Waals surface area contributed by atoms with Crippen molar-refractivity contribution in [1.82, 2.24) is 0 Å². The highest BCUT2D eigenvalue weighted by Crippen LogP contribution is 2.10. The molecule has 19 heavy (non-hydrogen) atoms. The van der Waals surface area contributed by atoms with E-state index < -0.39 is 6.16 Å². The summed E-state index contributed by atoms with van der Waals surface area (Å²) < 4.78 is 9.93. The molecule has 0 saturated carbocycles. The van der Waals surface area contributed by atoms with Crippen LogP contribution in [-0.2, 0) is 9.47 Å². The molecule has 0 aromatic carbocycles. The van der Waals surface area contributed by atoms with Crippen molar-refractivity contribution in [2.24, 2.45) is 5.92 Å². The van der Waals surface area contributed by atoms with Gasteiger partial charge in [-0.2, -0.15) is 0 Å². The standard InChI is InChI=1S/C15H29BrO3/c1-14(2)10-6-4-3-5-8-12-18-15(17)19-13-9-7-11-16/h14H,3-13H2,1-2H3. The van der Waals surface area contributed by atoms with E-state index >= 15 is 0 Å². The van der Waals surface area contributed by atoms with Gasteiger partial charge in [0.1, 0.15) is 0 Å². The van der Waals surface area contributed by atoms with Gasteiger partial charge in [-0.1, -0.05) is 61.9 Å². The fraction of sp³-hybridized carbons (Fsp3) is 0.933. The van der Waals surface area contributed by atoms with Gasteiger partial charge in [0, 0.05) is 5.33 Å². The van der Waals surface area contributed by atoms with Crippen molar-refractivity contribution in [2.75, 3.05) is 18.5 Å². The lowest BCUT2D eigenvalue weighted by atomic mass is 10.0. The first-order valence-corrected chi connectivity index (χ1v) is 8.64. The highest BCUT2D eigenvalue weighted by Gasteiger charge is 2.02. The van der Waals surface area contributed by atoms with E-state index in [-0.39, 0.29) is 0 Å². The van der Waals surface area contributed by atoms with Gasteiger partial charge >= 0.3 is 6.16 Å². The lowest BCUT2D eigenvalue weighted by Gasteiger charge is -2.06. The number of carbonyl (C=O) groups is 1. The Labute approximate surface area is 126 Å². The monoisotopic (exact) mass is 336 g/mol. The van der Waals surface area contributed by atoms with Crippen molar-refractivity contribution in [2.45, 2.75) is 65.2 Å². The molecule has 0 fully saturated rings. The summed E-state index contributed by atoms with van der Waals surface area (Å²) in [5.41, 5.74) is 0. The Morgan fingerprint density at radius 1 is 0.895 bits per heavy atom. The second kappa shape index (κ2) is 14.2. The van der Waals surface area contributed by atoms with Crippen LogP contribution >= 0.6 is 15.9 Å². The van der Waals surface area contributed by atoms with Crippen LogP contribution < -0.4 is 0 Å². The number of unbranched alkanes of at least 4 members (excludes halogenated alkanes) is 5. The third-order valence-corrected chi connectivity index (χ3v) is 3.45. The lowest BCUT2D eigenvalue weighted by Crippen LogP contribution is -2.09. The molecular formula is C15H29BrO3. The third kappa shape index (κ3) is 15.7. The predicted molar refractivity (Wildman–Crippen MR) is 82.9 cm³/mol. The van der Waals surface area contributed by atoms with Crippen LogP contribution in [0.5, 0.6) is 0 Å². The first-order valence-electron chi connectivity index (χ1n) is 7.52. The zero-order valence-corrected chi connectivity index (χ0v) is 14.0. The number of alkyl halides is 1. The molecule has 0 unspecified atom stereocenters. The van der Waals surface area contributed by atoms with E-state index in [1.165, 1.54) is 25.7 Å². The van der Waals surface area contributed by atoms with Crippen LogP contribution in [0.3, 0.4) is 0 Å². The Balaban J connectivity index is 3.14. The Morgan fingerprint density at radius 2 is 1.42 bits per heavy atom. The molecule has 0 saturated heterocycles. The first-order chi connectivity index (χ1) is 9.16. The SMILES string of the molecule is CC(C)CCCCCCCOC(=O)OCCCCBr. The van der Waals surface area contributed by atoms with Crippen molar-refractivity contribution in [3.8, 4) is 0 Å². The van der Waals surface area contributed by atoms with Crippen molar-refractivity contribution >= 4 is 22.1 Å². The normalized spacial score (nSPS) is 10.7. The molecule has 0 aliphatic heterocycles. The van der Waals surface area contributed by atoms with Gasteiger partial charge in [-0.25, -0.2) is 4.79 Å². The number of hydrogen-bond donors (Lipinski definition) is 0. The average molecular weight is 337 g/mol. The fourth-order valence-electron chi connectivity index (χ4n) is 1.73. The zero-order valence-electron chi connectivity index (χ0n) is 12.5. The zero-order chi connectivity index (χ0) is 14.3. The molecule has 114 valence electrons. The summed E-state index contributed by atoms with van der Waals surface area (Å²) in [6.45, 7) is 5.47. The van der Waals surface area contributed by atoms with Crippen LogP contribution in [0.15, 0.2) is 0 Å².